The summed E-state index contributed by atoms with van der Waals surface area (Å²) in [5, 5.41) is 13.1. The molecule has 88 valence electrons. The Morgan fingerprint density at radius 3 is 2.88 bits per heavy atom. The zero-order valence-corrected chi connectivity index (χ0v) is 9.54. The molecule has 0 aliphatic rings. The molecule has 0 radical (unpaired) electrons. The summed E-state index contributed by atoms with van der Waals surface area (Å²) in [5.41, 5.74) is 1.64. The zero-order valence-electron chi connectivity index (χ0n) is 9.54. The van der Waals surface area contributed by atoms with Crippen molar-refractivity contribution in [1.82, 2.24) is 9.78 Å². The largest absolute Gasteiger partial charge is 0.477 e. The first kappa shape index (κ1) is 11.2. The van der Waals surface area contributed by atoms with Gasteiger partial charge in [-0.05, 0) is 36.8 Å². The number of aromatic carboxylic acids is 1. The van der Waals surface area contributed by atoms with Crippen LogP contribution in [0.1, 0.15) is 28.9 Å². The Balaban J connectivity index is 2.35. The lowest BCUT2D eigenvalue weighted by Gasteiger charge is -1.94. The molecule has 2 rings (SSSR count). The number of hydrogen-bond donors (Lipinski definition) is 1. The fourth-order valence-corrected chi connectivity index (χ4v) is 1.52. The molecular formula is C12H12N2O3. The minimum Gasteiger partial charge on any atom is -0.477 e. The maximum absolute atomic E-state index is 10.9. The molecule has 17 heavy (non-hydrogen) atoms. The van der Waals surface area contributed by atoms with Crippen LogP contribution < -0.4 is 0 Å². The lowest BCUT2D eigenvalue weighted by molar-refractivity contribution is 0.0685. The van der Waals surface area contributed by atoms with Crippen molar-refractivity contribution >= 4 is 17.6 Å². The van der Waals surface area contributed by atoms with Gasteiger partial charge in [0.05, 0.1) is 12.0 Å². The van der Waals surface area contributed by atoms with Gasteiger partial charge in [-0.15, -0.1) is 0 Å². The van der Waals surface area contributed by atoms with Crippen molar-refractivity contribution in [2.24, 2.45) is 7.05 Å². The lowest BCUT2D eigenvalue weighted by Crippen LogP contribution is -2.04. The van der Waals surface area contributed by atoms with Crippen molar-refractivity contribution < 1.29 is 14.3 Å². The van der Waals surface area contributed by atoms with E-state index in [0.29, 0.717) is 11.5 Å². The predicted molar refractivity (Wildman–Crippen MR) is 62.4 cm³/mol. The second kappa shape index (κ2) is 4.29. The first-order valence-electron chi connectivity index (χ1n) is 5.07. The van der Waals surface area contributed by atoms with E-state index in [1.165, 1.54) is 10.7 Å². The number of carbonyl (C=O) groups is 1. The van der Waals surface area contributed by atoms with E-state index in [2.05, 4.69) is 5.10 Å². The Hall–Kier alpha value is -2.30. The minimum atomic E-state index is -0.989. The number of hydrogen-bond acceptors (Lipinski definition) is 3. The van der Waals surface area contributed by atoms with Crippen LogP contribution in [-0.4, -0.2) is 20.9 Å². The van der Waals surface area contributed by atoms with Gasteiger partial charge < -0.3 is 9.52 Å². The smallest absolute Gasteiger partial charge is 0.354 e. The molecule has 2 aromatic rings. The van der Waals surface area contributed by atoms with E-state index < -0.39 is 5.97 Å². The highest BCUT2D eigenvalue weighted by Gasteiger charge is 2.12. The van der Waals surface area contributed by atoms with Gasteiger partial charge in [-0.3, -0.25) is 4.68 Å². The summed E-state index contributed by atoms with van der Waals surface area (Å²) in [6.45, 7) is 1.86. The van der Waals surface area contributed by atoms with Crippen molar-refractivity contribution in [2.45, 2.75) is 6.92 Å². The summed E-state index contributed by atoms with van der Waals surface area (Å²) in [4.78, 5) is 10.9. The molecule has 0 aliphatic heterocycles. The van der Waals surface area contributed by atoms with Crippen LogP contribution >= 0.6 is 0 Å². The number of aryl methyl sites for hydroxylation is 1. The monoisotopic (exact) mass is 232 g/mol. The average Bonchev–Trinajstić information content (AvgIpc) is 2.86. The lowest BCUT2D eigenvalue weighted by atomic mass is 10.2. The molecule has 0 unspecified atom stereocenters. The van der Waals surface area contributed by atoms with Crippen molar-refractivity contribution in [3.63, 3.8) is 0 Å². The van der Waals surface area contributed by atoms with Crippen molar-refractivity contribution in [3.8, 4) is 0 Å². The highest BCUT2D eigenvalue weighted by Crippen LogP contribution is 2.17. The van der Waals surface area contributed by atoms with Crippen LogP contribution in [0.15, 0.2) is 28.9 Å². The number of allylic oxidation sites excluding steroid dienone is 1. The molecule has 0 saturated carbocycles. The second-order valence-corrected chi connectivity index (χ2v) is 3.69. The summed E-state index contributed by atoms with van der Waals surface area (Å²) in [6.07, 6.45) is 3.40. The molecular weight excluding hydrogens is 220 g/mol. The first-order chi connectivity index (χ1) is 8.08. The molecule has 0 fully saturated rings. The Labute approximate surface area is 98.0 Å². The van der Waals surface area contributed by atoms with Crippen LogP contribution in [0.3, 0.4) is 0 Å². The molecule has 0 atom stereocenters. The Morgan fingerprint density at radius 1 is 1.59 bits per heavy atom. The molecule has 1 N–H and O–H groups in total. The van der Waals surface area contributed by atoms with Gasteiger partial charge in [0.25, 0.3) is 0 Å². The number of nitrogens with zero attached hydrogens (tertiary/aromatic N) is 2. The van der Waals surface area contributed by atoms with Crippen molar-refractivity contribution in [3.05, 3.63) is 41.6 Å². The van der Waals surface area contributed by atoms with E-state index in [1.54, 1.807) is 19.4 Å². The van der Waals surface area contributed by atoms with E-state index in [1.807, 2.05) is 19.1 Å². The van der Waals surface area contributed by atoms with E-state index in [9.17, 15) is 4.79 Å². The summed E-state index contributed by atoms with van der Waals surface area (Å²) in [5.74, 6) is -0.276. The van der Waals surface area contributed by atoms with Crippen LogP contribution in [0.4, 0.5) is 0 Å². The van der Waals surface area contributed by atoms with Crippen LogP contribution in [-0.2, 0) is 7.05 Å². The van der Waals surface area contributed by atoms with Crippen LogP contribution in [0.2, 0.25) is 0 Å². The quantitative estimate of drug-likeness (QED) is 0.881. The molecule has 0 amide bonds. The Morgan fingerprint density at radius 2 is 2.35 bits per heavy atom. The molecule has 0 spiro atoms. The summed E-state index contributed by atoms with van der Waals surface area (Å²) in [6, 6.07) is 5.15. The summed E-state index contributed by atoms with van der Waals surface area (Å²) < 4.78 is 6.53. The SMILES string of the molecule is C/C(=C/c1ccco1)c1cc(C(=O)O)n(C)n1. The van der Waals surface area contributed by atoms with Crippen LogP contribution in [0.25, 0.3) is 11.6 Å². The highest BCUT2D eigenvalue weighted by molar-refractivity contribution is 5.88. The molecule has 2 heterocycles. The fourth-order valence-electron chi connectivity index (χ4n) is 1.52. The Bertz CT molecular complexity index is 565. The van der Waals surface area contributed by atoms with Gasteiger partial charge in [0.15, 0.2) is 0 Å². The summed E-state index contributed by atoms with van der Waals surface area (Å²) >= 11 is 0. The van der Waals surface area contributed by atoms with Gasteiger partial charge >= 0.3 is 5.97 Å². The maximum atomic E-state index is 10.9. The highest BCUT2D eigenvalue weighted by atomic mass is 16.4. The molecule has 5 nitrogen and oxygen atoms in total. The van der Waals surface area contributed by atoms with Gasteiger partial charge in [0.1, 0.15) is 11.5 Å². The molecule has 0 aromatic carbocycles. The van der Waals surface area contributed by atoms with Gasteiger partial charge in [-0.1, -0.05) is 0 Å². The van der Waals surface area contributed by atoms with E-state index in [-0.39, 0.29) is 5.69 Å². The molecule has 0 aliphatic carbocycles. The number of carboxylic acid groups (broad SMARTS) is 1. The van der Waals surface area contributed by atoms with E-state index >= 15 is 0 Å². The van der Waals surface area contributed by atoms with Gasteiger partial charge in [0, 0.05) is 7.05 Å². The van der Waals surface area contributed by atoms with Gasteiger partial charge in [-0.2, -0.15) is 5.10 Å². The number of rotatable bonds is 3. The maximum Gasteiger partial charge on any atom is 0.354 e. The third-order valence-electron chi connectivity index (χ3n) is 2.40. The standard InChI is InChI=1S/C12H12N2O3/c1-8(6-9-4-3-5-17-9)10-7-11(12(15)16)14(2)13-10/h3-7H,1-2H3,(H,15,16)/b8-6-. The molecule has 5 heteroatoms. The number of carboxylic acids is 1. The fraction of sp³-hybridized carbons (Fsp3) is 0.167. The van der Waals surface area contributed by atoms with E-state index in [0.717, 1.165) is 5.57 Å². The normalized spacial score (nSPS) is 11.8. The Kier molecular flexibility index (Phi) is 2.82. The summed E-state index contributed by atoms with van der Waals surface area (Å²) in [7, 11) is 1.60. The van der Waals surface area contributed by atoms with E-state index in [4.69, 9.17) is 9.52 Å². The third kappa shape index (κ3) is 2.28. The second-order valence-electron chi connectivity index (χ2n) is 3.69. The first-order valence-corrected chi connectivity index (χ1v) is 5.07. The van der Waals surface area contributed by atoms with Crippen LogP contribution in [0.5, 0.6) is 0 Å². The topological polar surface area (TPSA) is 68.3 Å². The van der Waals surface area contributed by atoms with Crippen molar-refractivity contribution in [2.75, 3.05) is 0 Å². The minimum absolute atomic E-state index is 0.159. The molecule has 0 bridgehead atoms. The number of furan rings is 1. The van der Waals surface area contributed by atoms with Crippen molar-refractivity contribution in [1.29, 1.82) is 0 Å². The van der Waals surface area contributed by atoms with Crippen LogP contribution in [0, 0.1) is 0 Å². The van der Waals surface area contributed by atoms with Gasteiger partial charge in [0.2, 0.25) is 0 Å². The third-order valence-corrected chi connectivity index (χ3v) is 2.40. The van der Waals surface area contributed by atoms with Gasteiger partial charge in [-0.25, -0.2) is 4.79 Å². The zero-order chi connectivity index (χ0) is 12.4. The predicted octanol–water partition coefficient (Wildman–Crippen LogP) is 2.27. The molecule has 0 saturated heterocycles. The average molecular weight is 232 g/mol. The number of aromatic nitrogens is 2. The molecule has 2 aromatic heterocycles.